The summed E-state index contributed by atoms with van der Waals surface area (Å²) in [5, 5.41) is 58.2. The SMILES string of the molecule is CC1=C(CCC(=O)O)c2cc3[nH]c(cc4nc(cc5[nH]c(cc1n2)c(CC(=O)O)c5CCC(=O)O)C(C)=C4CCC(=O)O)c(CC(=O)O)c3CCC(=O)O. The quantitative estimate of drug-likeness (QED) is 0.0937. The van der Waals surface area contributed by atoms with E-state index >= 15 is 0 Å². The van der Waals surface area contributed by atoms with Gasteiger partial charge in [-0.1, -0.05) is 0 Å². The molecule has 5 rings (SSSR count). The van der Waals surface area contributed by atoms with Gasteiger partial charge in [0, 0.05) is 47.8 Å². The van der Waals surface area contributed by atoms with E-state index in [-0.39, 0.29) is 62.4 Å². The molecule has 54 heavy (non-hydrogen) atoms. The normalized spacial score (nSPS) is 12.6. The van der Waals surface area contributed by atoms with E-state index in [1.807, 2.05) is 0 Å². The van der Waals surface area contributed by atoms with Gasteiger partial charge >= 0.3 is 35.8 Å². The lowest BCUT2D eigenvalue weighted by atomic mass is 9.98. The van der Waals surface area contributed by atoms with Gasteiger partial charge in [-0.05, 0) is 108 Å². The summed E-state index contributed by atoms with van der Waals surface area (Å²) in [6, 6.07) is 6.40. The molecule has 2 aliphatic heterocycles. The molecule has 0 atom stereocenters. The minimum atomic E-state index is -1.20. The predicted molar refractivity (Wildman–Crippen MR) is 194 cm³/mol. The molecule has 0 unspecified atom stereocenters. The summed E-state index contributed by atoms with van der Waals surface area (Å²) in [5.74, 6) is -6.74. The fourth-order valence-electron chi connectivity index (χ4n) is 6.89. The van der Waals surface area contributed by atoms with Crippen LogP contribution in [0.1, 0.15) is 97.4 Å². The van der Waals surface area contributed by atoms with Crippen molar-refractivity contribution in [3.05, 3.63) is 69.3 Å². The molecule has 8 N–H and O–H groups in total. The van der Waals surface area contributed by atoms with Gasteiger partial charge in [-0.15, -0.1) is 0 Å². The maximum Gasteiger partial charge on any atom is 0.307 e. The first kappa shape index (κ1) is 38.6. The molecule has 0 amide bonds. The molecule has 0 radical (unpaired) electrons. The van der Waals surface area contributed by atoms with E-state index in [1.54, 1.807) is 38.1 Å². The highest BCUT2D eigenvalue weighted by atomic mass is 16.4. The molecule has 0 spiro atoms. The lowest BCUT2D eigenvalue weighted by Crippen LogP contribution is -2.04. The Balaban J connectivity index is 2.00. The number of hydrogen-bond donors (Lipinski definition) is 8. The Morgan fingerprint density at radius 2 is 0.741 bits per heavy atom. The second kappa shape index (κ2) is 16.0. The predicted octanol–water partition coefficient (Wildman–Crippen LogP) is 5.19. The number of nitrogens with zero attached hydrogens (tertiary/aromatic N) is 2. The molecule has 5 heterocycles. The lowest BCUT2D eigenvalue weighted by molar-refractivity contribution is -0.138. The van der Waals surface area contributed by atoms with Crippen LogP contribution in [0.5, 0.6) is 0 Å². The fraction of sp³-hybridized carbons (Fsp3) is 0.316. The fourth-order valence-corrected chi connectivity index (χ4v) is 6.89. The number of allylic oxidation sites excluding steroid dienone is 4. The average molecular weight is 743 g/mol. The standard InChI is InChI=1S/C38H38N4O12/c1-17-20(4-8-34(45)46)28-16-32-24(12-38(53)54)22(6-10-36(49)50)30(42-32)15-27-19(3-7-33(43)44)18(2)26(40-27)14-31-23(11-37(51)52)21(5-9-35(47)48)29(41-31)13-25(17)39-28/h13-16,41-42H,3-12H2,1-2H3,(H,43,44)(H,45,46)(H,47,48)(H,49,50)(H,51,52)(H,53,54). The number of carboxylic acids is 6. The average Bonchev–Trinajstić information content (AvgIpc) is 3.74. The number of nitrogens with one attached hydrogen (secondary N) is 2. The zero-order chi connectivity index (χ0) is 39.4. The first-order valence-corrected chi connectivity index (χ1v) is 17.0. The molecule has 8 bridgehead atoms. The highest BCUT2D eigenvalue weighted by molar-refractivity contribution is 5.96. The third kappa shape index (κ3) is 8.71. The first-order chi connectivity index (χ1) is 25.5. The number of aromatic amines is 2. The van der Waals surface area contributed by atoms with Crippen LogP contribution in [0.2, 0.25) is 0 Å². The van der Waals surface area contributed by atoms with Gasteiger partial charge in [-0.25, -0.2) is 9.97 Å². The summed E-state index contributed by atoms with van der Waals surface area (Å²) in [6.45, 7) is 3.46. The molecule has 0 saturated carbocycles. The molecular weight excluding hydrogens is 704 g/mol. The summed E-state index contributed by atoms with van der Waals surface area (Å²) in [5.41, 5.74) is 6.27. The zero-order valence-corrected chi connectivity index (χ0v) is 29.4. The van der Waals surface area contributed by atoms with Gasteiger partial charge in [-0.2, -0.15) is 0 Å². The summed E-state index contributed by atoms with van der Waals surface area (Å²) < 4.78 is 0. The number of aryl methyl sites for hydroxylation is 2. The maximum absolute atomic E-state index is 12.2. The van der Waals surface area contributed by atoms with E-state index in [4.69, 9.17) is 9.97 Å². The van der Waals surface area contributed by atoms with Crippen molar-refractivity contribution < 1.29 is 59.4 Å². The monoisotopic (exact) mass is 742 g/mol. The Kier molecular flexibility index (Phi) is 11.4. The van der Waals surface area contributed by atoms with Gasteiger partial charge in [0.1, 0.15) is 0 Å². The number of carbonyl (C=O) groups is 6. The topological polar surface area (TPSA) is 281 Å². The van der Waals surface area contributed by atoms with Crippen molar-refractivity contribution in [3.63, 3.8) is 0 Å². The molecule has 2 aliphatic rings. The van der Waals surface area contributed by atoms with Gasteiger partial charge in [0.05, 0.1) is 35.6 Å². The van der Waals surface area contributed by atoms with Crippen molar-refractivity contribution in [1.82, 2.24) is 19.9 Å². The summed E-state index contributed by atoms with van der Waals surface area (Å²) in [6.07, 6.45) is -2.20. The molecule has 0 fully saturated rings. The number of hydrogen-bond acceptors (Lipinski definition) is 8. The van der Waals surface area contributed by atoms with E-state index in [9.17, 15) is 59.4 Å². The van der Waals surface area contributed by atoms with Crippen LogP contribution in [0, 0.1) is 0 Å². The Bertz CT molecular complexity index is 2340. The highest BCUT2D eigenvalue weighted by Crippen LogP contribution is 2.38. The van der Waals surface area contributed by atoms with Gasteiger partial charge in [0.2, 0.25) is 0 Å². The molecule has 0 aliphatic carbocycles. The van der Waals surface area contributed by atoms with E-state index in [1.165, 1.54) is 0 Å². The van der Waals surface area contributed by atoms with Crippen LogP contribution in [0.25, 0.3) is 44.4 Å². The molecule has 3 aromatic heterocycles. The van der Waals surface area contributed by atoms with Crippen LogP contribution in [-0.2, 0) is 54.5 Å². The van der Waals surface area contributed by atoms with Gasteiger partial charge in [0.25, 0.3) is 0 Å². The molecule has 0 saturated heterocycles. The second-order valence-corrected chi connectivity index (χ2v) is 13.1. The van der Waals surface area contributed by atoms with Crippen molar-refractivity contribution in [1.29, 1.82) is 0 Å². The molecule has 282 valence electrons. The molecule has 16 heteroatoms. The summed E-state index contributed by atoms with van der Waals surface area (Å²) in [7, 11) is 0. The van der Waals surface area contributed by atoms with E-state index < -0.39 is 48.7 Å². The Morgan fingerprint density at radius 1 is 0.444 bits per heavy atom. The number of aliphatic carboxylic acids is 6. The smallest absolute Gasteiger partial charge is 0.307 e. The second-order valence-electron chi connectivity index (χ2n) is 13.1. The minimum Gasteiger partial charge on any atom is -0.481 e. The largest absolute Gasteiger partial charge is 0.481 e. The number of fused-ring (bicyclic) bond motifs is 8. The van der Waals surface area contributed by atoms with Crippen molar-refractivity contribution in [2.75, 3.05) is 0 Å². The molecule has 3 aromatic rings. The summed E-state index contributed by atoms with van der Waals surface area (Å²) in [4.78, 5) is 87.3. The Labute approximate surface area is 306 Å². The lowest BCUT2D eigenvalue weighted by Gasteiger charge is -2.04. The summed E-state index contributed by atoms with van der Waals surface area (Å²) >= 11 is 0. The molecule has 0 aromatic carbocycles. The molecule has 16 nitrogen and oxygen atoms in total. The van der Waals surface area contributed by atoms with Gasteiger partial charge in [-0.3, -0.25) is 28.8 Å². The Morgan fingerprint density at radius 3 is 1.06 bits per heavy atom. The number of carboxylic acid groups (broad SMARTS) is 6. The van der Waals surface area contributed by atoms with Crippen LogP contribution in [-0.4, -0.2) is 86.4 Å². The number of aromatic nitrogens is 4. The highest BCUT2D eigenvalue weighted by Gasteiger charge is 2.24. The molecular formula is C38H38N4O12. The first-order valence-electron chi connectivity index (χ1n) is 17.0. The van der Waals surface area contributed by atoms with Crippen LogP contribution in [0.15, 0.2) is 24.3 Å². The van der Waals surface area contributed by atoms with Crippen LogP contribution in [0.4, 0.5) is 0 Å². The number of rotatable bonds is 16. The van der Waals surface area contributed by atoms with E-state index in [2.05, 4.69) is 9.97 Å². The van der Waals surface area contributed by atoms with Crippen LogP contribution >= 0.6 is 0 Å². The zero-order valence-electron chi connectivity index (χ0n) is 29.4. The Hall–Kier alpha value is -6.58. The van der Waals surface area contributed by atoms with Gasteiger partial charge in [0.15, 0.2) is 0 Å². The van der Waals surface area contributed by atoms with Crippen LogP contribution in [0.3, 0.4) is 0 Å². The third-order valence-corrected chi connectivity index (χ3v) is 9.48. The third-order valence-electron chi connectivity index (χ3n) is 9.48. The van der Waals surface area contributed by atoms with E-state index in [0.717, 1.165) is 0 Å². The minimum absolute atomic E-state index is 0.0414. The van der Waals surface area contributed by atoms with Crippen molar-refractivity contribution in [2.24, 2.45) is 0 Å². The van der Waals surface area contributed by atoms with Gasteiger partial charge < -0.3 is 40.6 Å². The van der Waals surface area contributed by atoms with Crippen molar-refractivity contribution in [3.8, 4) is 0 Å². The van der Waals surface area contributed by atoms with Crippen molar-refractivity contribution >= 4 is 80.2 Å². The maximum atomic E-state index is 12.2. The van der Waals surface area contributed by atoms with E-state index in [0.29, 0.717) is 78.3 Å². The number of H-pyrrole nitrogens is 2. The van der Waals surface area contributed by atoms with Crippen molar-refractivity contribution in [2.45, 2.75) is 78.1 Å². The van der Waals surface area contributed by atoms with Crippen LogP contribution < -0.4 is 0 Å².